The topological polar surface area (TPSA) is 91.0 Å². The lowest BCUT2D eigenvalue weighted by Crippen LogP contribution is -2.36. The van der Waals surface area contributed by atoms with E-state index in [4.69, 9.17) is 19.2 Å². The summed E-state index contributed by atoms with van der Waals surface area (Å²) >= 11 is 0. The van der Waals surface area contributed by atoms with Crippen molar-refractivity contribution >= 4 is 23.2 Å². The number of amides is 1. The number of anilines is 3. The Kier molecular flexibility index (Phi) is 5.86. The molecule has 152 valence electrons. The minimum absolute atomic E-state index is 0.0106. The molecule has 2 aromatic rings. The number of nitrogens with one attached hydrogen (secondary N) is 1. The summed E-state index contributed by atoms with van der Waals surface area (Å²) in [5, 5.41) is 11.6. The van der Waals surface area contributed by atoms with Crippen LogP contribution in [0, 0.1) is 11.3 Å². The van der Waals surface area contributed by atoms with Crippen LogP contribution < -0.4 is 19.9 Å². The second-order valence-electron chi connectivity index (χ2n) is 7.09. The van der Waals surface area contributed by atoms with Crippen LogP contribution in [-0.4, -0.2) is 45.5 Å². The number of furan rings is 1. The molecule has 0 radical (unpaired) electrons. The molecule has 2 fully saturated rings. The molecule has 4 rings (SSSR count). The molecule has 8 heteroatoms. The average Bonchev–Trinajstić information content (AvgIpc) is 3.22. The number of carbonyl (C=O) groups is 1. The van der Waals surface area contributed by atoms with Gasteiger partial charge in [-0.25, -0.2) is 4.79 Å². The molecule has 0 unspecified atom stereocenters. The number of hydrogen-bond acceptors (Lipinski definition) is 7. The third kappa shape index (κ3) is 4.63. The summed E-state index contributed by atoms with van der Waals surface area (Å²) in [4.78, 5) is 17.0. The number of ether oxygens (including phenoxy) is 2. The summed E-state index contributed by atoms with van der Waals surface area (Å²) in [6.45, 7) is 5.07. The zero-order chi connectivity index (χ0) is 20.1. The lowest BCUT2D eigenvalue weighted by molar-refractivity contribution is 0.122. The highest BCUT2D eigenvalue weighted by atomic mass is 16.6. The molecule has 0 spiro atoms. The molecule has 29 heavy (non-hydrogen) atoms. The van der Waals surface area contributed by atoms with E-state index in [1.165, 1.54) is 18.6 Å². The van der Waals surface area contributed by atoms with Gasteiger partial charge in [0.25, 0.3) is 5.95 Å². The highest BCUT2D eigenvalue weighted by molar-refractivity contribution is 5.91. The predicted octanol–water partition coefficient (Wildman–Crippen LogP) is 3.59. The summed E-state index contributed by atoms with van der Waals surface area (Å²) in [7, 11) is 0. The molecule has 1 N–H and O–H groups in total. The number of nitriles is 1. The van der Waals surface area contributed by atoms with Gasteiger partial charge in [0.1, 0.15) is 6.07 Å². The average molecular weight is 396 g/mol. The van der Waals surface area contributed by atoms with Crippen LogP contribution in [0.2, 0.25) is 0 Å². The predicted molar refractivity (Wildman–Crippen MR) is 109 cm³/mol. The molecule has 2 aliphatic rings. The van der Waals surface area contributed by atoms with Crippen LogP contribution in [0.25, 0.3) is 0 Å². The van der Waals surface area contributed by atoms with Crippen LogP contribution >= 0.6 is 0 Å². The highest BCUT2D eigenvalue weighted by Gasteiger charge is 2.20. The van der Waals surface area contributed by atoms with Gasteiger partial charge in [-0.15, -0.1) is 0 Å². The van der Waals surface area contributed by atoms with E-state index >= 15 is 0 Å². The van der Waals surface area contributed by atoms with Gasteiger partial charge in [-0.2, -0.15) is 5.26 Å². The maximum absolute atomic E-state index is 12.4. The van der Waals surface area contributed by atoms with E-state index in [0.717, 1.165) is 63.6 Å². The molecule has 0 atom stereocenters. The van der Waals surface area contributed by atoms with Gasteiger partial charge < -0.3 is 23.7 Å². The molecule has 2 aliphatic heterocycles. The Balaban J connectivity index is 1.53. The lowest BCUT2D eigenvalue weighted by atomic mass is 10.1. The normalized spacial score (nSPS) is 16.9. The van der Waals surface area contributed by atoms with E-state index in [2.05, 4.69) is 21.2 Å². The minimum Gasteiger partial charge on any atom is -0.414 e. The zero-order valence-electron chi connectivity index (χ0n) is 16.2. The number of morpholine rings is 1. The van der Waals surface area contributed by atoms with Crippen LogP contribution in [0.1, 0.15) is 25.0 Å². The van der Waals surface area contributed by atoms with Crippen molar-refractivity contribution in [3.05, 3.63) is 36.1 Å². The summed E-state index contributed by atoms with van der Waals surface area (Å²) in [6, 6.07) is 10.8. The van der Waals surface area contributed by atoms with Crippen LogP contribution in [0.5, 0.6) is 5.95 Å². The quantitative estimate of drug-likeness (QED) is 0.844. The SMILES string of the molecule is N#Cc1ccc(OC(=O)Nc2ccc(N3CCOCC3)cc2N2CCCCC2)o1. The first kappa shape index (κ1) is 19.2. The third-order valence-electron chi connectivity index (χ3n) is 5.18. The van der Waals surface area contributed by atoms with E-state index in [-0.39, 0.29) is 11.7 Å². The first-order valence-corrected chi connectivity index (χ1v) is 9.93. The van der Waals surface area contributed by atoms with Gasteiger partial charge in [-0.3, -0.25) is 5.32 Å². The Morgan fingerprint density at radius 2 is 1.83 bits per heavy atom. The van der Waals surface area contributed by atoms with E-state index in [1.807, 2.05) is 18.2 Å². The second-order valence-corrected chi connectivity index (χ2v) is 7.09. The van der Waals surface area contributed by atoms with Crippen molar-refractivity contribution in [3.8, 4) is 12.0 Å². The molecular weight excluding hydrogens is 372 g/mol. The molecule has 2 saturated heterocycles. The largest absolute Gasteiger partial charge is 0.419 e. The van der Waals surface area contributed by atoms with E-state index < -0.39 is 6.09 Å². The Morgan fingerprint density at radius 3 is 2.55 bits per heavy atom. The van der Waals surface area contributed by atoms with Crippen LogP contribution in [0.4, 0.5) is 21.9 Å². The zero-order valence-corrected chi connectivity index (χ0v) is 16.2. The van der Waals surface area contributed by atoms with Crippen LogP contribution in [0.15, 0.2) is 34.7 Å². The molecular formula is C21H24N4O4. The van der Waals surface area contributed by atoms with Crippen molar-refractivity contribution < 1.29 is 18.7 Å². The summed E-state index contributed by atoms with van der Waals surface area (Å²) < 4.78 is 15.7. The summed E-state index contributed by atoms with van der Waals surface area (Å²) in [6.07, 6.45) is 2.84. The molecule has 1 amide bonds. The fourth-order valence-corrected chi connectivity index (χ4v) is 3.70. The summed E-state index contributed by atoms with van der Waals surface area (Å²) in [5.74, 6) is 0.0835. The monoisotopic (exact) mass is 396 g/mol. The number of carbonyl (C=O) groups excluding carboxylic acids is 1. The maximum Gasteiger partial charge on any atom is 0.419 e. The summed E-state index contributed by atoms with van der Waals surface area (Å²) in [5.41, 5.74) is 2.81. The highest BCUT2D eigenvalue weighted by Crippen LogP contribution is 2.33. The van der Waals surface area contributed by atoms with Gasteiger partial charge in [0.15, 0.2) is 0 Å². The van der Waals surface area contributed by atoms with Crippen molar-refractivity contribution in [3.63, 3.8) is 0 Å². The lowest BCUT2D eigenvalue weighted by Gasteiger charge is -2.33. The molecule has 0 saturated carbocycles. The third-order valence-corrected chi connectivity index (χ3v) is 5.18. The van der Waals surface area contributed by atoms with Crippen LogP contribution in [0.3, 0.4) is 0 Å². The number of hydrogen-bond donors (Lipinski definition) is 1. The first-order chi connectivity index (χ1) is 14.2. The minimum atomic E-state index is -0.652. The number of rotatable bonds is 4. The van der Waals surface area contributed by atoms with E-state index in [9.17, 15) is 4.79 Å². The van der Waals surface area contributed by atoms with Crippen LogP contribution in [-0.2, 0) is 4.74 Å². The Hall–Kier alpha value is -3.18. The van der Waals surface area contributed by atoms with E-state index in [0.29, 0.717) is 5.69 Å². The van der Waals surface area contributed by atoms with Gasteiger partial charge >= 0.3 is 6.09 Å². The van der Waals surface area contributed by atoms with E-state index in [1.54, 1.807) is 0 Å². The van der Waals surface area contributed by atoms with Crippen molar-refractivity contribution in [2.45, 2.75) is 19.3 Å². The fraction of sp³-hybridized carbons (Fsp3) is 0.429. The molecule has 1 aromatic carbocycles. The van der Waals surface area contributed by atoms with Crippen molar-refractivity contribution in [1.29, 1.82) is 5.26 Å². The van der Waals surface area contributed by atoms with Gasteiger partial charge in [-0.1, -0.05) is 0 Å². The Morgan fingerprint density at radius 1 is 1.03 bits per heavy atom. The smallest absolute Gasteiger partial charge is 0.414 e. The van der Waals surface area contributed by atoms with Gasteiger partial charge in [0, 0.05) is 37.9 Å². The molecule has 0 aliphatic carbocycles. The van der Waals surface area contributed by atoms with Gasteiger partial charge in [0.05, 0.1) is 24.6 Å². The fourth-order valence-electron chi connectivity index (χ4n) is 3.70. The number of nitrogens with zero attached hydrogens (tertiary/aromatic N) is 3. The second kappa shape index (κ2) is 8.88. The van der Waals surface area contributed by atoms with Gasteiger partial charge in [0.2, 0.25) is 5.76 Å². The molecule has 3 heterocycles. The van der Waals surface area contributed by atoms with Crippen molar-refractivity contribution in [2.75, 3.05) is 54.5 Å². The van der Waals surface area contributed by atoms with Crippen molar-refractivity contribution in [1.82, 2.24) is 0 Å². The number of benzene rings is 1. The van der Waals surface area contributed by atoms with Crippen molar-refractivity contribution in [2.24, 2.45) is 0 Å². The standard InChI is InChI=1S/C21H24N4O4/c22-15-17-5-7-20(28-17)29-21(26)23-18-6-4-16(24-10-12-27-13-11-24)14-19(18)25-8-2-1-3-9-25/h4-7,14H,1-3,8-13H2,(H,23,26). The number of piperidine rings is 1. The maximum atomic E-state index is 12.4. The van der Waals surface area contributed by atoms with Gasteiger partial charge in [-0.05, 0) is 43.5 Å². The molecule has 1 aromatic heterocycles. The molecule has 0 bridgehead atoms. The Bertz CT molecular complexity index is 892. The Labute approximate surface area is 169 Å². The molecule has 8 nitrogen and oxygen atoms in total. The first-order valence-electron chi connectivity index (χ1n) is 9.93.